The van der Waals surface area contributed by atoms with E-state index in [2.05, 4.69) is 15.0 Å². The van der Waals surface area contributed by atoms with Crippen LogP contribution < -0.4 is 5.56 Å². The van der Waals surface area contributed by atoms with Crippen molar-refractivity contribution in [2.24, 2.45) is 0 Å². The van der Waals surface area contributed by atoms with Crippen LogP contribution >= 0.6 is 0 Å². The zero-order chi connectivity index (χ0) is 13.9. The van der Waals surface area contributed by atoms with Crippen LogP contribution in [0.5, 0.6) is 0 Å². The van der Waals surface area contributed by atoms with Crippen molar-refractivity contribution < 1.29 is 0 Å². The van der Waals surface area contributed by atoms with E-state index in [0.717, 1.165) is 16.7 Å². The number of pyridine rings is 1. The molecule has 0 spiro atoms. The van der Waals surface area contributed by atoms with Crippen LogP contribution in [-0.2, 0) is 0 Å². The molecule has 3 aromatic rings. The number of nitrogens with one attached hydrogen (secondary N) is 1. The van der Waals surface area contributed by atoms with Crippen molar-refractivity contribution in [3.8, 4) is 22.6 Å². The highest BCUT2D eigenvalue weighted by atomic mass is 16.1. The molecule has 0 unspecified atom stereocenters. The minimum atomic E-state index is -0.164. The van der Waals surface area contributed by atoms with Crippen LogP contribution in [0.25, 0.3) is 22.6 Å². The molecule has 0 saturated carbocycles. The van der Waals surface area contributed by atoms with Crippen LogP contribution in [0.4, 0.5) is 0 Å². The highest BCUT2D eigenvalue weighted by molar-refractivity contribution is 5.63. The fourth-order valence-electron chi connectivity index (χ4n) is 2.06. The van der Waals surface area contributed by atoms with Gasteiger partial charge >= 0.3 is 0 Å². The van der Waals surface area contributed by atoms with Crippen molar-refractivity contribution in [3.05, 3.63) is 70.8 Å². The smallest absolute Gasteiger partial charge is 0.251 e. The molecule has 0 fully saturated rings. The predicted octanol–water partition coefficient (Wildman–Crippen LogP) is 2.81. The average Bonchev–Trinajstić information content (AvgIpc) is 2.47. The topological polar surface area (TPSA) is 58.6 Å². The fourth-order valence-corrected chi connectivity index (χ4v) is 2.06. The maximum atomic E-state index is 11.8. The molecule has 20 heavy (non-hydrogen) atoms. The monoisotopic (exact) mass is 263 g/mol. The first-order valence-corrected chi connectivity index (χ1v) is 6.31. The fraction of sp³-hybridized carbons (Fsp3) is 0.0625. The van der Waals surface area contributed by atoms with Gasteiger partial charge < -0.3 is 4.98 Å². The summed E-state index contributed by atoms with van der Waals surface area (Å²) >= 11 is 0. The summed E-state index contributed by atoms with van der Waals surface area (Å²) in [6.45, 7) is 2.01. The quantitative estimate of drug-likeness (QED) is 0.773. The molecule has 0 saturated heterocycles. The molecular weight excluding hydrogens is 250 g/mol. The number of rotatable bonds is 2. The molecule has 98 valence electrons. The molecule has 0 atom stereocenters. The lowest BCUT2D eigenvalue weighted by Crippen LogP contribution is -2.08. The Kier molecular flexibility index (Phi) is 3.13. The van der Waals surface area contributed by atoms with E-state index in [0.29, 0.717) is 11.5 Å². The SMILES string of the molecule is Cc1cccc(-c2cc(=O)[nH]c(-c3ccncc3)n2)c1. The standard InChI is InChI=1S/C16H13N3O/c1-11-3-2-4-13(9-11)14-10-15(20)19-16(18-14)12-5-7-17-8-6-12/h2-10H,1H3,(H,18,19,20). The zero-order valence-electron chi connectivity index (χ0n) is 11.0. The highest BCUT2D eigenvalue weighted by Gasteiger charge is 2.06. The third kappa shape index (κ3) is 2.49. The Balaban J connectivity index is 2.15. The van der Waals surface area contributed by atoms with Gasteiger partial charge in [-0.05, 0) is 25.1 Å². The number of aryl methyl sites for hydroxylation is 1. The van der Waals surface area contributed by atoms with Gasteiger partial charge in [-0.1, -0.05) is 23.8 Å². The van der Waals surface area contributed by atoms with Gasteiger partial charge in [0, 0.05) is 29.6 Å². The van der Waals surface area contributed by atoms with Crippen molar-refractivity contribution in [2.45, 2.75) is 6.92 Å². The molecule has 4 nitrogen and oxygen atoms in total. The van der Waals surface area contributed by atoms with E-state index in [1.54, 1.807) is 12.4 Å². The summed E-state index contributed by atoms with van der Waals surface area (Å²) in [5, 5.41) is 0. The van der Waals surface area contributed by atoms with Crippen LogP contribution in [0.15, 0.2) is 59.7 Å². The molecule has 0 aliphatic carbocycles. The van der Waals surface area contributed by atoms with Crippen molar-refractivity contribution in [3.63, 3.8) is 0 Å². The van der Waals surface area contributed by atoms with Crippen LogP contribution in [0.1, 0.15) is 5.56 Å². The van der Waals surface area contributed by atoms with Gasteiger partial charge in [0.1, 0.15) is 5.82 Å². The van der Waals surface area contributed by atoms with Gasteiger partial charge in [-0.2, -0.15) is 0 Å². The van der Waals surface area contributed by atoms with Gasteiger partial charge in [-0.3, -0.25) is 9.78 Å². The average molecular weight is 263 g/mol. The first-order valence-electron chi connectivity index (χ1n) is 6.31. The molecule has 1 N–H and O–H groups in total. The van der Waals surface area contributed by atoms with Crippen LogP contribution in [0, 0.1) is 6.92 Å². The number of nitrogens with zero attached hydrogens (tertiary/aromatic N) is 2. The van der Waals surface area contributed by atoms with Gasteiger partial charge in [0.05, 0.1) is 5.69 Å². The summed E-state index contributed by atoms with van der Waals surface area (Å²) in [6.07, 6.45) is 3.35. The highest BCUT2D eigenvalue weighted by Crippen LogP contribution is 2.19. The summed E-state index contributed by atoms with van der Waals surface area (Å²) in [7, 11) is 0. The van der Waals surface area contributed by atoms with Gasteiger partial charge in [-0.15, -0.1) is 0 Å². The second-order valence-electron chi connectivity index (χ2n) is 4.58. The van der Waals surface area contributed by atoms with Crippen molar-refractivity contribution in [1.82, 2.24) is 15.0 Å². The Bertz CT molecular complexity index is 794. The molecule has 1 aromatic carbocycles. The molecule has 0 bridgehead atoms. The number of aromatic nitrogens is 3. The van der Waals surface area contributed by atoms with Gasteiger partial charge in [0.25, 0.3) is 5.56 Å². The largest absolute Gasteiger partial charge is 0.306 e. The maximum Gasteiger partial charge on any atom is 0.251 e. The van der Waals surface area contributed by atoms with E-state index in [4.69, 9.17) is 0 Å². The normalized spacial score (nSPS) is 10.4. The second kappa shape index (κ2) is 5.09. The summed E-state index contributed by atoms with van der Waals surface area (Å²) in [6, 6.07) is 13.1. The molecule has 2 heterocycles. The van der Waals surface area contributed by atoms with Crippen LogP contribution in [0.3, 0.4) is 0 Å². The molecule has 3 rings (SSSR count). The summed E-state index contributed by atoms with van der Waals surface area (Å²) in [5.41, 5.74) is 3.42. The number of H-pyrrole nitrogens is 1. The second-order valence-corrected chi connectivity index (χ2v) is 4.58. The Morgan fingerprint density at radius 1 is 1.00 bits per heavy atom. The van der Waals surface area contributed by atoms with Crippen LogP contribution in [-0.4, -0.2) is 15.0 Å². The van der Waals surface area contributed by atoms with Crippen molar-refractivity contribution in [1.29, 1.82) is 0 Å². The summed E-state index contributed by atoms with van der Waals surface area (Å²) in [5.74, 6) is 0.552. The van der Waals surface area contributed by atoms with E-state index in [9.17, 15) is 4.79 Å². The lowest BCUT2D eigenvalue weighted by atomic mass is 10.1. The van der Waals surface area contributed by atoms with Gasteiger partial charge in [0.15, 0.2) is 0 Å². The molecular formula is C16H13N3O. The summed E-state index contributed by atoms with van der Waals surface area (Å²) < 4.78 is 0. The van der Waals surface area contributed by atoms with Gasteiger partial charge in [-0.25, -0.2) is 4.98 Å². The molecule has 0 aliphatic rings. The van der Waals surface area contributed by atoms with Crippen LogP contribution in [0.2, 0.25) is 0 Å². The Morgan fingerprint density at radius 2 is 1.80 bits per heavy atom. The molecule has 0 aliphatic heterocycles. The van der Waals surface area contributed by atoms with Crippen molar-refractivity contribution >= 4 is 0 Å². The lowest BCUT2D eigenvalue weighted by Gasteiger charge is -2.05. The Hall–Kier alpha value is -2.75. The van der Waals surface area contributed by atoms with Crippen molar-refractivity contribution in [2.75, 3.05) is 0 Å². The predicted molar refractivity (Wildman–Crippen MR) is 78.3 cm³/mol. The first-order chi connectivity index (χ1) is 9.72. The molecule has 0 amide bonds. The minimum Gasteiger partial charge on any atom is -0.306 e. The molecule has 2 aromatic heterocycles. The number of hydrogen-bond donors (Lipinski definition) is 1. The number of benzene rings is 1. The molecule has 0 radical (unpaired) electrons. The van der Waals surface area contributed by atoms with E-state index in [-0.39, 0.29) is 5.56 Å². The third-order valence-corrected chi connectivity index (χ3v) is 3.01. The van der Waals surface area contributed by atoms with Gasteiger partial charge in [0.2, 0.25) is 0 Å². The minimum absolute atomic E-state index is 0.164. The third-order valence-electron chi connectivity index (χ3n) is 3.01. The van der Waals surface area contributed by atoms with E-state index < -0.39 is 0 Å². The first kappa shape index (κ1) is 12.3. The number of aromatic amines is 1. The Morgan fingerprint density at radius 3 is 2.55 bits per heavy atom. The lowest BCUT2D eigenvalue weighted by molar-refractivity contribution is 1.13. The number of hydrogen-bond acceptors (Lipinski definition) is 3. The Labute approximate surface area is 116 Å². The molecule has 4 heteroatoms. The maximum absolute atomic E-state index is 11.8. The van der Waals surface area contributed by atoms with E-state index in [1.165, 1.54) is 6.07 Å². The van der Waals surface area contributed by atoms with E-state index >= 15 is 0 Å². The van der Waals surface area contributed by atoms with E-state index in [1.807, 2.05) is 43.3 Å². The zero-order valence-corrected chi connectivity index (χ0v) is 11.0. The summed E-state index contributed by atoms with van der Waals surface area (Å²) in [4.78, 5) is 23.1.